The second-order valence-electron chi connectivity index (χ2n) is 4.65. The smallest absolute Gasteiger partial charge is 0.258 e. The number of carbonyl (C=O) groups is 1. The molecule has 104 valence electrons. The van der Waals surface area contributed by atoms with Gasteiger partial charge in [-0.2, -0.15) is 0 Å². The van der Waals surface area contributed by atoms with Crippen molar-refractivity contribution in [2.45, 2.75) is 19.8 Å². The summed E-state index contributed by atoms with van der Waals surface area (Å²) in [7, 11) is 0. The van der Waals surface area contributed by atoms with E-state index in [2.05, 4.69) is 22.9 Å². The van der Waals surface area contributed by atoms with Crippen LogP contribution < -0.4 is 4.90 Å². The topological polar surface area (TPSA) is 20.3 Å². The van der Waals surface area contributed by atoms with E-state index in [1.807, 2.05) is 59.5 Å². The maximum Gasteiger partial charge on any atom is 0.258 e. The van der Waals surface area contributed by atoms with Crippen molar-refractivity contribution >= 4 is 27.5 Å². The van der Waals surface area contributed by atoms with E-state index in [0.717, 1.165) is 29.5 Å². The lowest BCUT2D eigenvalue weighted by molar-refractivity contribution is 0.0986. The lowest BCUT2D eigenvalue weighted by atomic mass is 10.1. The summed E-state index contributed by atoms with van der Waals surface area (Å²) in [4.78, 5) is 14.5. The first kappa shape index (κ1) is 14.8. The Morgan fingerprint density at radius 3 is 2.30 bits per heavy atom. The molecule has 0 spiro atoms. The molecule has 0 saturated carbocycles. The van der Waals surface area contributed by atoms with Crippen molar-refractivity contribution < 1.29 is 4.79 Å². The number of halogens is 1. The second kappa shape index (κ2) is 7.25. The molecule has 0 heterocycles. The quantitative estimate of drug-likeness (QED) is 0.763. The third kappa shape index (κ3) is 3.70. The molecule has 0 radical (unpaired) electrons. The van der Waals surface area contributed by atoms with Crippen LogP contribution in [0.3, 0.4) is 0 Å². The lowest BCUT2D eigenvalue weighted by Gasteiger charge is -2.22. The van der Waals surface area contributed by atoms with Gasteiger partial charge in [0.25, 0.3) is 5.91 Å². The van der Waals surface area contributed by atoms with E-state index in [9.17, 15) is 4.79 Å². The van der Waals surface area contributed by atoms with Gasteiger partial charge < -0.3 is 4.90 Å². The Bertz CT molecular complexity index is 551. The first-order valence-corrected chi connectivity index (χ1v) is 7.64. The standard InChI is InChI=1S/C17H18BrNO/c1-2-3-13-19(16-7-5-4-6-8-16)17(20)14-9-11-15(18)12-10-14/h4-12H,2-3,13H2,1H3. The minimum atomic E-state index is 0.0529. The van der Waals surface area contributed by atoms with Crippen LogP contribution in [0, 0.1) is 0 Å². The minimum absolute atomic E-state index is 0.0529. The molecule has 0 atom stereocenters. The summed E-state index contributed by atoms with van der Waals surface area (Å²) in [5.74, 6) is 0.0529. The molecule has 0 N–H and O–H groups in total. The number of anilines is 1. The second-order valence-corrected chi connectivity index (χ2v) is 5.57. The van der Waals surface area contributed by atoms with Crippen molar-refractivity contribution in [3.05, 3.63) is 64.6 Å². The van der Waals surface area contributed by atoms with Gasteiger partial charge in [-0.1, -0.05) is 47.5 Å². The average Bonchev–Trinajstić information content (AvgIpc) is 2.49. The summed E-state index contributed by atoms with van der Waals surface area (Å²) in [6, 6.07) is 17.4. The number of nitrogens with zero attached hydrogens (tertiary/aromatic N) is 1. The molecule has 1 amide bonds. The van der Waals surface area contributed by atoms with Crippen molar-refractivity contribution in [2.24, 2.45) is 0 Å². The Kier molecular flexibility index (Phi) is 5.36. The highest BCUT2D eigenvalue weighted by atomic mass is 79.9. The largest absolute Gasteiger partial charge is 0.308 e. The Morgan fingerprint density at radius 2 is 1.70 bits per heavy atom. The van der Waals surface area contributed by atoms with Crippen molar-refractivity contribution in [3.63, 3.8) is 0 Å². The van der Waals surface area contributed by atoms with Gasteiger partial charge in [0.05, 0.1) is 0 Å². The van der Waals surface area contributed by atoms with Crippen LogP contribution in [0.4, 0.5) is 5.69 Å². The van der Waals surface area contributed by atoms with Gasteiger partial charge >= 0.3 is 0 Å². The third-order valence-corrected chi connectivity index (χ3v) is 3.67. The van der Waals surface area contributed by atoms with Crippen LogP contribution in [0.1, 0.15) is 30.1 Å². The van der Waals surface area contributed by atoms with Crippen LogP contribution in [-0.2, 0) is 0 Å². The van der Waals surface area contributed by atoms with E-state index in [0.29, 0.717) is 5.56 Å². The summed E-state index contributed by atoms with van der Waals surface area (Å²) >= 11 is 3.39. The molecule has 3 heteroatoms. The van der Waals surface area contributed by atoms with E-state index in [1.54, 1.807) is 0 Å². The number of benzene rings is 2. The van der Waals surface area contributed by atoms with Gasteiger partial charge in [-0.15, -0.1) is 0 Å². The molecule has 2 aromatic carbocycles. The van der Waals surface area contributed by atoms with Gasteiger partial charge in [-0.05, 0) is 42.8 Å². The van der Waals surface area contributed by atoms with Gasteiger partial charge in [0.2, 0.25) is 0 Å². The van der Waals surface area contributed by atoms with Gasteiger partial charge in [-0.25, -0.2) is 0 Å². The zero-order chi connectivity index (χ0) is 14.4. The van der Waals surface area contributed by atoms with Gasteiger partial charge in [0, 0.05) is 22.3 Å². The van der Waals surface area contributed by atoms with Crippen molar-refractivity contribution in [2.75, 3.05) is 11.4 Å². The summed E-state index contributed by atoms with van der Waals surface area (Å²) in [6.07, 6.45) is 2.06. The SMILES string of the molecule is CCCCN(C(=O)c1ccc(Br)cc1)c1ccccc1. The Balaban J connectivity index is 2.26. The molecule has 0 aliphatic carbocycles. The van der Waals surface area contributed by atoms with Crippen LogP contribution in [-0.4, -0.2) is 12.5 Å². The fourth-order valence-electron chi connectivity index (χ4n) is 2.02. The number of para-hydroxylation sites is 1. The van der Waals surface area contributed by atoms with Crippen LogP contribution >= 0.6 is 15.9 Å². The molecule has 0 bridgehead atoms. The summed E-state index contributed by atoms with van der Waals surface area (Å²) in [6.45, 7) is 2.88. The molecule has 2 rings (SSSR count). The lowest BCUT2D eigenvalue weighted by Crippen LogP contribution is -2.31. The van der Waals surface area contributed by atoms with Gasteiger partial charge in [0.1, 0.15) is 0 Å². The molecule has 0 aliphatic rings. The van der Waals surface area contributed by atoms with Crippen molar-refractivity contribution in [1.29, 1.82) is 0 Å². The molecule has 0 saturated heterocycles. The number of hydrogen-bond donors (Lipinski definition) is 0. The molecule has 0 aromatic heterocycles. The fourth-order valence-corrected chi connectivity index (χ4v) is 2.28. The van der Waals surface area contributed by atoms with Crippen LogP contribution in [0.2, 0.25) is 0 Å². The molecule has 2 aromatic rings. The first-order chi connectivity index (χ1) is 9.72. The molecule has 0 unspecified atom stereocenters. The van der Waals surface area contributed by atoms with E-state index < -0.39 is 0 Å². The number of amides is 1. The highest BCUT2D eigenvalue weighted by Gasteiger charge is 2.16. The van der Waals surface area contributed by atoms with E-state index in [-0.39, 0.29) is 5.91 Å². The van der Waals surface area contributed by atoms with Gasteiger partial charge in [-0.3, -0.25) is 4.79 Å². The monoisotopic (exact) mass is 331 g/mol. The molecule has 0 fully saturated rings. The van der Waals surface area contributed by atoms with E-state index >= 15 is 0 Å². The van der Waals surface area contributed by atoms with E-state index in [4.69, 9.17) is 0 Å². The van der Waals surface area contributed by atoms with Gasteiger partial charge in [0.15, 0.2) is 0 Å². The Morgan fingerprint density at radius 1 is 1.05 bits per heavy atom. The first-order valence-electron chi connectivity index (χ1n) is 6.85. The fraction of sp³-hybridized carbons (Fsp3) is 0.235. The Hall–Kier alpha value is -1.61. The highest BCUT2D eigenvalue weighted by molar-refractivity contribution is 9.10. The molecule has 20 heavy (non-hydrogen) atoms. The third-order valence-electron chi connectivity index (χ3n) is 3.14. The minimum Gasteiger partial charge on any atom is -0.308 e. The zero-order valence-corrected chi connectivity index (χ0v) is 13.1. The average molecular weight is 332 g/mol. The Labute approximate surface area is 128 Å². The number of hydrogen-bond acceptors (Lipinski definition) is 1. The highest BCUT2D eigenvalue weighted by Crippen LogP contribution is 2.19. The molecular weight excluding hydrogens is 314 g/mol. The van der Waals surface area contributed by atoms with Crippen LogP contribution in [0.25, 0.3) is 0 Å². The number of rotatable bonds is 5. The molecule has 2 nitrogen and oxygen atoms in total. The number of unbranched alkanes of at least 4 members (excludes halogenated alkanes) is 1. The predicted molar refractivity (Wildman–Crippen MR) is 87.2 cm³/mol. The van der Waals surface area contributed by atoms with Crippen molar-refractivity contribution in [3.8, 4) is 0 Å². The summed E-state index contributed by atoms with van der Waals surface area (Å²) in [5.41, 5.74) is 1.67. The zero-order valence-electron chi connectivity index (χ0n) is 11.6. The van der Waals surface area contributed by atoms with Crippen molar-refractivity contribution in [1.82, 2.24) is 0 Å². The maximum atomic E-state index is 12.7. The van der Waals surface area contributed by atoms with E-state index in [1.165, 1.54) is 0 Å². The summed E-state index contributed by atoms with van der Waals surface area (Å²) < 4.78 is 0.980. The molecular formula is C17H18BrNO. The van der Waals surface area contributed by atoms with Crippen LogP contribution in [0.5, 0.6) is 0 Å². The maximum absolute atomic E-state index is 12.7. The normalized spacial score (nSPS) is 10.3. The van der Waals surface area contributed by atoms with Crippen LogP contribution in [0.15, 0.2) is 59.1 Å². The number of carbonyl (C=O) groups excluding carboxylic acids is 1. The molecule has 0 aliphatic heterocycles. The summed E-state index contributed by atoms with van der Waals surface area (Å²) in [5, 5.41) is 0. The predicted octanol–water partition coefficient (Wildman–Crippen LogP) is 4.90.